The second-order valence-electron chi connectivity index (χ2n) is 11.3. The van der Waals surface area contributed by atoms with E-state index in [1.165, 1.54) is 0 Å². The van der Waals surface area contributed by atoms with Crippen molar-refractivity contribution < 1.29 is 24.1 Å². The zero-order valence-corrected chi connectivity index (χ0v) is 27.4. The number of pyridine rings is 1. The summed E-state index contributed by atoms with van der Waals surface area (Å²) in [4.78, 5) is 30.5. The molecule has 0 saturated carbocycles. The van der Waals surface area contributed by atoms with Crippen LogP contribution in [-0.4, -0.2) is 88.9 Å². The summed E-state index contributed by atoms with van der Waals surface area (Å²) in [5.41, 5.74) is 6.86. The first-order chi connectivity index (χ1) is 22.3. The van der Waals surface area contributed by atoms with Crippen molar-refractivity contribution in [1.82, 2.24) is 24.8 Å². The number of carbonyl (C=O) groups excluding carboxylic acids is 1. The van der Waals surface area contributed by atoms with E-state index in [0.29, 0.717) is 90.2 Å². The van der Waals surface area contributed by atoms with E-state index in [9.17, 15) is 9.90 Å². The standard InChI is InChI=1S/C34H35Cl2N5O5/c1-4-46-30(43)19-40-12-11-22-20(15-40)13-27(38-33(22)44-2)25-9-5-7-23(31(25)35)24-8-6-10-26(32(24)36)28-14-37-29(34(39-28)45-3)18-41-16-21(42)17-41/h5-10,13-14,21,42H,4,11-12,15-19H2,1-3H3. The Bertz CT molecular complexity index is 1760. The molecule has 2 aliphatic rings. The zero-order chi connectivity index (χ0) is 32.4. The summed E-state index contributed by atoms with van der Waals surface area (Å²) in [6.07, 6.45) is 2.09. The van der Waals surface area contributed by atoms with E-state index in [-0.39, 0.29) is 18.6 Å². The van der Waals surface area contributed by atoms with Crippen molar-refractivity contribution in [2.24, 2.45) is 0 Å². The minimum atomic E-state index is -0.302. The number of aliphatic hydroxyl groups is 1. The van der Waals surface area contributed by atoms with Crippen LogP contribution in [0.3, 0.4) is 0 Å². The third-order valence-electron chi connectivity index (χ3n) is 8.26. The van der Waals surface area contributed by atoms with Crippen molar-refractivity contribution in [2.75, 3.05) is 47.0 Å². The van der Waals surface area contributed by atoms with Crippen molar-refractivity contribution >= 4 is 29.2 Å². The Kier molecular flexibility index (Phi) is 9.72. The summed E-state index contributed by atoms with van der Waals surface area (Å²) in [7, 11) is 3.17. The second kappa shape index (κ2) is 13.9. The van der Waals surface area contributed by atoms with E-state index < -0.39 is 0 Å². The highest BCUT2D eigenvalue weighted by molar-refractivity contribution is 6.39. The zero-order valence-electron chi connectivity index (χ0n) is 25.9. The van der Waals surface area contributed by atoms with Gasteiger partial charge in [0, 0.05) is 60.5 Å². The number of methoxy groups -OCH3 is 2. The number of fused-ring (bicyclic) bond motifs is 1. The molecule has 0 radical (unpaired) electrons. The molecular weight excluding hydrogens is 629 g/mol. The van der Waals surface area contributed by atoms with Crippen molar-refractivity contribution in [1.29, 1.82) is 0 Å². The number of hydrogen-bond donors (Lipinski definition) is 1. The molecule has 12 heteroatoms. The molecule has 4 heterocycles. The van der Waals surface area contributed by atoms with Gasteiger partial charge in [0.05, 0.1) is 61.1 Å². The van der Waals surface area contributed by atoms with Gasteiger partial charge in [0.15, 0.2) is 0 Å². The predicted octanol–water partition coefficient (Wildman–Crippen LogP) is 5.29. The first-order valence-electron chi connectivity index (χ1n) is 15.1. The maximum atomic E-state index is 12.2. The van der Waals surface area contributed by atoms with Crippen LogP contribution in [0.15, 0.2) is 48.7 Å². The number of esters is 1. The van der Waals surface area contributed by atoms with Crippen LogP contribution in [0.5, 0.6) is 11.8 Å². The summed E-state index contributed by atoms with van der Waals surface area (Å²) in [6, 6.07) is 13.5. The van der Waals surface area contributed by atoms with E-state index >= 15 is 0 Å². The molecular formula is C34H35Cl2N5O5. The monoisotopic (exact) mass is 663 g/mol. The van der Waals surface area contributed by atoms with Gasteiger partial charge in [-0.1, -0.05) is 59.6 Å². The minimum Gasteiger partial charge on any atom is -0.481 e. The Labute approximate surface area is 277 Å². The molecule has 10 nitrogen and oxygen atoms in total. The van der Waals surface area contributed by atoms with Crippen LogP contribution in [0, 0.1) is 0 Å². The van der Waals surface area contributed by atoms with Crippen LogP contribution in [0.1, 0.15) is 23.7 Å². The SMILES string of the molecule is CCOC(=O)CN1CCc2c(cc(-c3cccc(-c4cccc(-c5cnc(CN6CC(O)C6)c(OC)n5)c4Cl)c3Cl)nc2OC)C1. The quantitative estimate of drug-likeness (QED) is 0.225. The molecule has 240 valence electrons. The number of hydrogen-bond acceptors (Lipinski definition) is 10. The number of β-amino-alcohol motifs (C(OH)–C–C–N with tert-alkyl or cyclic N) is 1. The van der Waals surface area contributed by atoms with Gasteiger partial charge in [-0.15, -0.1) is 0 Å². The highest BCUT2D eigenvalue weighted by Crippen LogP contribution is 2.43. The topological polar surface area (TPSA) is 110 Å². The molecule has 0 unspecified atom stereocenters. The maximum Gasteiger partial charge on any atom is 0.320 e. The van der Waals surface area contributed by atoms with Crippen molar-refractivity contribution in [3.05, 3.63) is 75.5 Å². The Morgan fingerprint density at radius 2 is 1.57 bits per heavy atom. The molecule has 2 aliphatic heterocycles. The van der Waals surface area contributed by atoms with Gasteiger partial charge < -0.3 is 19.3 Å². The van der Waals surface area contributed by atoms with E-state index in [0.717, 1.165) is 27.8 Å². The first-order valence-corrected chi connectivity index (χ1v) is 15.9. The maximum absolute atomic E-state index is 12.2. The van der Waals surface area contributed by atoms with Gasteiger partial charge in [0.2, 0.25) is 11.8 Å². The third kappa shape index (κ3) is 6.54. The molecule has 0 bridgehead atoms. The van der Waals surface area contributed by atoms with Gasteiger partial charge in [0.1, 0.15) is 5.69 Å². The lowest BCUT2D eigenvalue weighted by molar-refractivity contribution is -0.144. The fraction of sp³-hybridized carbons (Fsp3) is 0.353. The number of ether oxygens (including phenoxy) is 3. The normalized spacial score (nSPS) is 15.3. The molecule has 1 N–H and O–H groups in total. The van der Waals surface area contributed by atoms with Crippen LogP contribution in [0.25, 0.3) is 33.6 Å². The highest BCUT2D eigenvalue weighted by atomic mass is 35.5. The molecule has 0 spiro atoms. The summed E-state index contributed by atoms with van der Waals surface area (Å²) < 4.78 is 16.4. The number of carbonyl (C=O) groups is 1. The van der Waals surface area contributed by atoms with Gasteiger partial charge in [-0.05, 0) is 25.0 Å². The average molecular weight is 665 g/mol. The van der Waals surface area contributed by atoms with Crippen LogP contribution < -0.4 is 9.47 Å². The van der Waals surface area contributed by atoms with E-state index in [4.69, 9.17) is 47.4 Å². The van der Waals surface area contributed by atoms with Gasteiger partial charge in [-0.25, -0.2) is 9.97 Å². The number of benzene rings is 2. The summed E-state index contributed by atoms with van der Waals surface area (Å²) >= 11 is 14.2. The smallest absolute Gasteiger partial charge is 0.320 e. The average Bonchev–Trinajstić information content (AvgIpc) is 3.04. The van der Waals surface area contributed by atoms with E-state index in [1.807, 2.05) is 42.5 Å². The molecule has 4 aromatic rings. The number of aliphatic hydroxyl groups excluding tert-OH is 1. The molecule has 1 fully saturated rings. The fourth-order valence-corrected chi connectivity index (χ4v) is 6.64. The van der Waals surface area contributed by atoms with Crippen LogP contribution in [0.4, 0.5) is 0 Å². The number of rotatable bonds is 10. The molecule has 2 aromatic heterocycles. The van der Waals surface area contributed by atoms with Crippen molar-refractivity contribution in [3.8, 4) is 45.4 Å². The van der Waals surface area contributed by atoms with Gasteiger partial charge in [-0.3, -0.25) is 19.6 Å². The minimum absolute atomic E-state index is 0.222. The van der Waals surface area contributed by atoms with Gasteiger partial charge >= 0.3 is 5.97 Å². The predicted molar refractivity (Wildman–Crippen MR) is 176 cm³/mol. The first kappa shape index (κ1) is 32.2. The molecule has 0 aliphatic carbocycles. The number of aromatic nitrogens is 3. The summed E-state index contributed by atoms with van der Waals surface area (Å²) in [6.45, 7) is 5.38. The molecule has 2 aromatic carbocycles. The summed E-state index contributed by atoms with van der Waals surface area (Å²) in [5.74, 6) is 0.717. The second-order valence-corrected chi connectivity index (χ2v) is 12.1. The van der Waals surface area contributed by atoms with Crippen molar-refractivity contribution in [2.45, 2.75) is 32.5 Å². The molecule has 6 rings (SSSR count). The molecule has 46 heavy (non-hydrogen) atoms. The lowest BCUT2D eigenvalue weighted by Gasteiger charge is -2.35. The van der Waals surface area contributed by atoms with Crippen LogP contribution >= 0.6 is 23.2 Å². The number of likely N-dealkylation sites (tertiary alicyclic amines) is 1. The largest absolute Gasteiger partial charge is 0.481 e. The van der Waals surface area contributed by atoms with Gasteiger partial charge in [0.25, 0.3) is 0 Å². The number of halogens is 2. The lowest BCUT2D eigenvalue weighted by Crippen LogP contribution is -2.50. The van der Waals surface area contributed by atoms with Crippen LogP contribution in [-0.2, 0) is 29.0 Å². The Morgan fingerprint density at radius 3 is 2.20 bits per heavy atom. The molecule has 0 amide bonds. The Morgan fingerprint density at radius 1 is 0.935 bits per heavy atom. The summed E-state index contributed by atoms with van der Waals surface area (Å²) in [5, 5.41) is 10.6. The Balaban J connectivity index is 1.32. The van der Waals surface area contributed by atoms with E-state index in [2.05, 4.69) is 14.8 Å². The van der Waals surface area contributed by atoms with Crippen molar-refractivity contribution in [3.63, 3.8) is 0 Å². The fourth-order valence-electron chi connectivity index (χ4n) is 5.99. The number of nitrogens with zero attached hydrogens (tertiary/aromatic N) is 5. The highest BCUT2D eigenvalue weighted by Gasteiger charge is 2.27. The molecule has 0 atom stereocenters. The van der Waals surface area contributed by atoms with Crippen LogP contribution in [0.2, 0.25) is 10.0 Å². The van der Waals surface area contributed by atoms with Gasteiger partial charge in [-0.2, -0.15) is 0 Å². The lowest BCUT2D eigenvalue weighted by atomic mass is 9.96. The Hall–Kier alpha value is -3.80. The third-order valence-corrected chi connectivity index (χ3v) is 9.07. The molecule has 1 saturated heterocycles. The van der Waals surface area contributed by atoms with E-state index in [1.54, 1.807) is 27.3 Å².